The fourth-order valence-corrected chi connectivity index (χ4v) is 8.83. The molecule has 4 aliphatic carbocycles. The van der Waals surface area contributed by atoms with Crippen molar-refractivity contribution in [1.82, 2.24) is 20.2 Å². The summed E-state index contributed by atoms with van der Waals surface area (Å²) >= 11 is 12.5. The second-order valence-corrected chi connectivity index (χ2v) is 14.3. The topological polar surface area (TPSA) is 97.6 Å². The Balaban J connectivity index is 1.02. The normalized spacial score (nSPS) is 32.5. The molecule has 3 N–H and O–H groups in total. The van der Waals surface area contributed by atoms with E-state index in [0.29, 0.717) is 18.2 Å². The molecule has 1 aliphatic heterocycles. The number of nitrogens with one attached hydrogen (secondary N) is 2. The van der Waals surface area contributed by atoms with Crippen molar-refractivity contribution in [3.63, 3.8) is 0 Å². The van der Waals surface area contributed by atoms with E-state index >= 15 is 0 Å². The zero-order valence-electron chi connectivity index (χ0n) is 24.9. The SMILES string of the molecule is CC1C(Cn2cnc(Cl)c2Cl)OC(c2ccc(CNC(=O)NC34CC5CC(CC(C5)C3)C4)cc2)OC1c1ccc(CO)cc1. The van der Waals surface area contributed by atoms with Gasteiger partial charge in [0.2, 0.25) is 0 Å². The maximum Gasteiger partial charge on any atom is 0.315 e. The number of amides is 2. The van der Waals surface area contributed by atoms with Crippen LogP contribution in [0.3, 0.4) is 0 Å². The highest BCUT2D eigenvalue weighted by atomic mass is 35.5. The third-order valence-electron chi connectivity index (χ3n) is 10.4. The Kier molecular flexibility index (Phi) is 8.40. The standard InChI is InChI=1S/C34H40Cl2N4O4/c1-20-28(17-40-19-38-30(35)31(40)36)43-32(44-29(20)26-6-4-22(18-41)5-7-26)27-8-2-21(3-9-27)16-37-33(42)39-34-13-23-10-24(14-34)12-25(11-23)15-34/h2-9,19-20,23-25,28-29,32,41H,10-18H2,1H3,(H2,37,39,42). The average Bonchev–Trinajstić information content (AvgIpc) is 3.32. The van der Waals surface area contributed by atoms with Gasteiger partial charge in [-0.1, -0.05) is 78.7 Å². The fourth-order valence-electron chi connectivity index (χ4n) is 8.52. The minimum Gasteiger partial charge on any atom is -0.392 e. The van der Waals surface area contributed by atoms with E-state index in [2.05, 4.69) is 22.5 Å². The second kappa shape index (κ2) is 12.3. The molecule has 0 radical (unpaired) electrons. The summed E-state index contributed by atoms with van der Waals surface area (Å²) < 4.78 is 14.9. The molecular weight excluding hydrogens is 599 g/mol. The molecule has 2 aromatic carbocycles. The van der Waals surface area contributed by atoms with Crippen LogP contribution in [-0.2, 0) is 29.2 Å². The molecular formula is C34H40Cl2N4O4. The van der Waals surface area contributed by atoms with Gasteiger partial charge in [-0.2, -0.15) is 0 Å². The van der Waals surface area contributed by atoms with Crippen LogP contribution in [0.1, 0.15) is 80.1 Å². The lowest BCUT2D eigenvalue weighted by Gasteiger charge is -2.56. The smallest absolute Gasteiger partial charge is 0.315 e. The maximum atomic E-state index is 13.0. The van der Waals surface area contributed by atoms with Crippen LogP contribution < -0.4 is 10.6 Å². The molecule has 234 valence electrons. The molecule has 44 heavy (non-hydrogen) atoms. The predicted molar refractivity (Wildman–Crippen MR) is 168 cm³/mol. The molecule has 4 atom stereocenters. The summed E-state index contributed by atoms with van der Waals surface area (Å²) in [6.45, 7) is 3.00. The summed E-state index contributed by atoms with van der Waals surface area (Å²) in [6.07, 6.45) is 7.98. The van der Waals surface area contributed by atoms with Crippen LogP contribution in [0.5, 0.6) is 0 Å². The van der Waals surface area contributed by atoms with Crippen molar-refractivity contribution >= 4 is 29.2 Å². The van der Waals surface area contributed by atoms with E-state index in [1.54, 1.807) is 10.9 Å². The van der Waals surface area contributed by atoms with Crippen LogP contribution in [0.4, 0.5) is 4.79 Å². The number of rotatable bonds is 8. The van der Waals surface area contributed by atoms with E-state index in [1.165, 1.54) is 19.3 Å². The number of ether oxygens (including phenoxy) is 2. The molecule has 3 aromatic rings. The van der Waals surface area contributed by atoms with Crippen molar-refractivity contribution in [3.8, 4) is 0 Å². The Morgan fingerprint density at radius 2 is 1.57 bits per heavy atom. The first kappa shape index (κ1) is 30.1. The number of nitrogens with zero attached hydrogens (tertiary/aromatic N) is 2. The Morgan fingerprint density at radius 1 is 0.955 bits per heavy atom. The number of aromatic nitrogens is 2. The van der Waals surface area contributed by atoms with Crippen LogP contribution in [0, 0.1) is 23.7 Å². The Labute approximate surface area is 268 Å². The molecule has 2 amide bonds. The number of carbonyl (C=O) groups is 1. The quantitative estimate of drug-likeness (QED) is 0.248. The number of benzene rings is 2. The summed E-state index contributed by atoms with van der Waals surface area (Å²) in [5.74, 6) is 2.35. The van der Waals surface area contributed by atoms with Crippen LogP contribution >= 0.6 is 23.2 Å². The zero-order valence-corrected chi connectivity index (χ0v) is 26.4. The van der Waals surface area contributed by atoms with Gasteiger partial charge in [-0.25, -0.2) is 9.78 Å². The van der Waals surface area contributed by atoms with Gasteiger partial charge in [0, 0.05) is 23.6 Å². The van der Waals surface area contributed by atoms with Gasteiger partial charge in [0.15, 0.2) is 11.4 Å². The highest BCUT2D eigenvalue weighted by molar-refractivity contribution is 6.40. The molecule has 4 unspecified atom stereocenters. The number of imidazole rings is 1. The maximum absolute atomic E-state index is 13.0. The van der Waals surface area contributed by atoms with Gasteiger partial charge in [-0.3, -0.25) is 0 Å². The molecule has 10 heteroatoms. The van der Waals surface area contributed by atoms with Crippen LogP contribution in [0.15, 0.2) is 54.9 Å². The number of urea groups is 1. The first-order valence-corrected chi connectivity index (χ1v) is 16.5. The number of aliphatic hydroxyl groups is 1. The van der Waals surface area contributed by atoms with E-state index in [9.17, 15) is 9.90 Å². The van der Waals surface area contributed by atoms with E-state index < -0.39 is 6.29 Å². The van der Waals surface area contributed by atoms with E-state index in [4.69, 9.17) is 32.7 Å². The lowest BCUT2D eigenvalue weighted by atomic mass is 9.53. The van der Waals surface area contributed by atoms with Crippen molar-refractivity contribution in [2.24, 2.45) is 23.7 Å². The van der Waals surface area contributed by atoms with Gasteiger partial charge >= 0.3 is 6.03 Å². The van der Waals surface area contributed by atoms with E-state index in [-0.39, 0.29) is 41.5 Å². The fraction of sp³-hybridized carbons (Fsp3) is 0.529. The highest BCUT2D eigenvalue weighted by Gasteiger charge is 2.51. The molecule has 4 bridgehead atoms. The highest BCUT2D eigenvalue weighted by Crippen LogP contribution is 2.55. The number of hydrogen-bond acceptors (Lipinski definition) is 5. The van der Waals surface area contributed by atoms with Crippen molar-refractivity contribution in [2.45, 2.75) is 89.2 Å². The molecule has 8 nitrogen and oxygen atoms in total. The van der Waals surface area contributed by atoms with Crippen LogP contribution in [-0.4, -0.2) is 32.3 Å². The summed E-state index contributed by atoms with van der Waals surface area (Å²) in [4.78, 5) is 17.1. The van der Waals surface area contributed by atoms with Crippen LogP contribution in [0.2, 0.25) is 10.3 Å². The molecule has 1 saturated heterocycles. The zero-order chi connectivity index (χ0) is 30.4. The molecule has 5 fully saturated rings. The van der Waals surface area contributed by atoms with Gasteiger partial charge in [0.25, 0.3) is 0 Å². The second-order valence-electron chi connectivity index (χ2n) is 13.5. The van der Waals surface area contributed by atoms with Crippen LogP contribution in [0.25, 0.3) is 0 Å². The summed E-state index contributed by atoms with van der Waals surface area (Å²) in [6, 6.07) is 15.8. The number of halogens is 2. The Bertz CT molecular complexity index is 1440. The monoisotopic (exact) mass is 638 g/mol. The molecule has 5 aliphatic rings. The van der Waals surface area contributed by atoms with Crippen molar-refractivity contribution < 1.29 is 19.4 Å². The van der Waals surface area contributed by atoms with Gasteiger partial charge < -0.3 is 29.8 Å². The average molecular weight is 640 g/mol. The van der Waals surface area contributed by atoms with Crippen molar-refractivity contribution in [3.05, 3.63) is 87.4 Å². The molecule has 0 spiro atoms. The Hall–Kier alpha value is -2.62. The van der Waals surface area contributed by atoms with Gasteiger partial charge in [0.05, 0.1) is 31.7 Å². The Morgan fingerprint density at radius 3 is 2.16 bits per heavy atom. The minimum absolute atomic E-state index is 0.00669. The van der Waals surface area contributed by atoms with Gasteiger partial charge in [-0.05, 0) is 73.0 Å². The first-order chi connectivity index (χ1) is 21.3. The van der Waals surface area contributed by atoms with Crippen molar-refractivity contribution in [1.29, 1.82) is 0 Å². The summed E-state index contributed by atoms with van der Waals surface area (Å²) in [5.41, 5.74) is 3.74. The number of carbonyl (C=O) groups excluding carboxylic acids is 1. The first-order valence-electron chi connectivity index (χ1n) is 15.8. The third kappa shape index (κ3) is 6.12. The largest absolute Gasteiger partial charge is 0.392 e. The predicted octanol–water partition coefficient (Wildman–Crippen LogP) is 6.94. The molecule has 1 aromatic heterocycles. The summed E-state index contributed by atoms with van der Waals surface area (Å²) in [7, 11) is 0. The van der Waals surface area contributed by atoms with Gasteiger partial charge in [0.1, 0.15) is 5.15 Å². The van der Waals surface area contributed by atoms with E-state index in [0.717, 1.165) is 59.3 Å². The lowest BCUT2D eigenvalue weighted by molar-refractivity contribution is -0.276. The third-order valence-corrected chi connectivity index (χ3v) is 11.1. The van der Waals surface area contributed by atoms with Gasteiger partial charge in [-0.15, -0.1) is 0 Å². The number of aliphatic hydroxyl groups excluding tert-OH is 1. The minimum atomic E-state index is -0.613. The van der Waals surface area contributed by atoms with Crippen molar-refractivity contribution in [2.75, 3.05) is 0 Å². The lowest BCUT2D eigenvalue weighted by Crippen LogP contribution is -2.61. The number of hydrogen-bond donors (Lipinski definition) is 3. The van der Waals surface area contributed by atoms with E-state index in [1.807, 2.05) is 48.5 Å². The molecule has 4 saturated carbocycles. The molecule has 8 rings (SSSR count). The summed E-state index contributed by atoms with van der Waals surface area (Å²) in [5, 5.41) is 16.6. The molecule has 2 heterocycles.